The van der Waals surface area contributed by atoms with E-state index >= 15 is 0 Å². The minimum absolute atomic E-state index is 0.475. The minimum Gasteiger partial charge on any atom is -0.337 e. The third-order valence-corrected chi connectivity index (χ3v) is 3.64. The van der Waals surface area contributed by atoms with Crippen molar-refractivity contribution >= 4 is 11.8 Å². The number of thioether (sulfide) groups is 1. The Kier molecular flexibility index (Phi) is 3.73. The normalized spacial score (nSPS) is 11.8. The molecule has 1 aromatic heterocycles. The predicted octanol–water partition coefficient (Wildman–Crippen LogP) is 2.86. The number of aryl methyl sites for hydroxylation is 1. The SMILES string of the molecule is Cc1ccccc1SCc1noc(C(C)(C)N)n1. The Morgan fingerprint density at radius 3 is 2.67 bits per heavy atom. The van der Waals surface area contributed by atoms with Crippen molar-refractivity contribution in [1.82, 2.24) is 10.1 Å². The zero-order chi connectivity index (χ0) is 13.2. The summed E-state index contributed by atoms with van der Waals surface area (Å²) in [5.74, 6) is 1.84. The molecular formula is C13H17N3OS. The van der Waals surface area contributed by atoms with E-state index in [1.54, 1.807) is 11.8 Å². The number of hydrogen-bond donors (Lipinski definition) is 1. The molecular weight excluding hydrogens is 246 g/mol. The Morgan fingerprint density at radius 1 is 1.33 bits per heavy atom. The Hall–Kier alpha value is -1.33. The van der Waals surface area contributed by atoms with Gasteiger partial charge in [0.15, 0.2) is 5.82 Å². The van der Waals surface area contributed by atoms with Crippen molar-refractivity contribution in [2.75, 3.05) is 0 Å². The lowest BCUT2D eigenvalue weighted by atomic mass is 10.1. The van der Waals surface area contributed by atoms with Crippen LogP contribution in [0, 0.1) is 6.92 Å². The standard InChI is InChI=1S/C13H17N3OS/c1-9-6-4-5-7-10(9)18-8-11-15-12(17-16-11)13(2,3)14/h4-7H,8,14H2,1-3H3. The lowest BCUT2D eigenvalue weighted by molar-refractivity contribution is 0.310. The fourth-order valence-electron chi connectivity index (χ4n) is 1.43. The van der Waals surface area contributed by atoms with Crippen LogP contribution in [-0.2, 0) is 11.3 Å². The molecule has 0 aliphatic carbocycles. The molecule has 0 aliphatic rings. The second-order valence-corrected chi connectivity index (χ2v) is 5.81. The average Bonchev–Trinajstić information content (AvgIpc) is 2.76. The average molecular weight is 263 g/mol. The van der Waals surface area contributed by atoms with E-state index in [4.69, 9.17) is 10.3 Å². The molecule has 0 bridgehead atoms. The van der Waals surface area contributed by atoms with Crippen LogP contribution in [-0.4, -0.2) is 10.1 Å². The summed E-state index contributed by atoms with van der Waals surface area (Å²) in [7, 11) is 0. The summed E-state index contributed by atoms with van der Waals surface area (Å²) in [4.78, 5) is 5.53. The molecule has 5 heteroatoms. The lowest BCUT2D eigenvalue weighted by Gasteiger charge is -2.10. The number of benzene rings is 1. The minimum atomic E-state index is -0.585. The van der Waals surface area contributed by atoms with Gasteiger partial charge in [0.2, 0.25) is 5.89 Å². The van der Waals surface area contributed by atoms with Gasteiger partial charge < -0.3 is 10.3 Å². The Bertz CT molecular complexity index is 531. The van der Waals surface area contributed by atoms with Crippen LogP contribution in [0.25, 0.3) is 0 Å². The van der Waals surface area contributed by atoms with E-state index in [0.29, 0.717) is 17.5 Å². The zero-order valence-corrected chi connectivity index (χ0v) is 11.6. The van der Waals surface area contributed by atoms with Gasteiger partial charge in [0.05, 0.1) is 11.3 Å². The lowest BCUT2D eigenvalue weighted by Crippen LogP contribution is -2.29. The summed E-state index contributed by atoms with van der Waals surface area (Å²) >= 11 is 1.70. The summed E-state index contributed by atoms with van der Waals surface area (Å²) in [6, 6.07) is 8.24. The van der Waals surface area contributed by atoms with Gasteiger partial charge in [-0.2, -0.15) is 4.98 Å². The Balaban J connectivity index is 2.03. The largest absolute Gasteiger partial charge is 0.337 e. The summed E-state index contributed by atoms with van der Waals surface area (Å²) < 4.78 is 5.15. The highest BCUT2D eigenvalue weighted by molar-refractivity contribution is 7.98. The maximum absolute atomic E-state index is 5.90. The van der Waals surface area contributed by atoms with E-state index < -0.39 is 5.54 Å². The first-order valence-corrected chi connectivity index (χ1v) is 6.76. The van der Waals surface area contributed by atoms with Gasteiger partial charge in [-0.15, -0.1) is 11.8 Å². The molecule has 0 amide bonds. The van der Waals surface area contributed by atoms with Crippen molar-refractivity contribution in [1.29, 1.82) is 0 Å². The summed E-state index contributed by atoms with van der Waals surface area (Å²) in [6.07, 6.45) is 0. The van der Waals surface area contributed by atoms with Gasteiger partial charge in [-0.1, -0.05) is 23.4 Å². The molecule has 0 saturated heterocycles. The second kappa shape index (κ2) is 5.12. The van der Waals surface area contributed by atoms with Crippen molar-refractivity contribution in [2.24, 2.45) is 5.73 Å². The van der Waals surface area contributed by atoms with E-state index in [1.807, 2.05) is 26.0 Å². The molecule has 0 atom stereocenters. The van der Waals surface area contributed by atoms with Crippen LogP contribution in [0.5, 0.6) is 0 Å². The van der Waals surface area contributed by atoms with Crippen LogP contribution in [0.2, 0.25) is 0 Å². The fourth-order valence-corrected chi connectivity index (χ4v) is 2.31. The Morgan fingerprint density at radius 2 is 2.06 bits per heavy atom. The van der Waals surface area contributed by atoms with Crippen LogP contribution < -0.4 is 5.73 Å². The zero-order valence-electron chi connectivity index (χ0n) is 10.8. The first-order chi connectivity index (χ1) is 8.47. The molecule has 2 N–H and O–H groups in total. The van der Waals surface area contributed by atoms with Gasteiger partial charge in [-0.3, -0.25) is 0 Å². The van der Waals surface area contributed by atoms with Crippen LogP contribution in [0.1, 0.15) is 31.1 Å². The topological polar surface area (TPSA) is 64.9 Å². The van der Waals surface area contributed by atoms with Crippen molar-refractivity contribution < 1.29 is 4.52 Å². The summed E-state index contributed by atoms with van der Waals surface area (Å²) in [5.41, 5.74) is 6.57. The van der Waals surface area contributed by atoms with Gasteiger partial charge in [-0.05, 0) is 32.4 Å². The van der Waals surface area contributed by atoms with Gasteiger partial charge in [0.1, 0.15) is 0 Å². The van der Waals surface area contributed by atoms with Crippen molar-refractivity contribution in [3.8, 4) is 0 Å². The fraction of sp³-hybridized carbons (Fsp3) is 0.385. The third-order valence-electron chi connectivity index (χ3n) is 2.47. The quantitative estimate of drug-likeness (QED) is 0.859. The number of aromatic nitrogens is 2. The van der Waals surface area contributed by atoms with Gasteiger partial charge in [0.25, 0.3) is 0 Å². The second-order valence-electron chi connectivity index (χ2n) is 4.79. The first-order valence-electron chi connectivity index (χ1n) is 5.77. The molecule has 18 heavy (non-hydrogen) atoms. The molecule has 2 aromatic rings. The summed E-state index contributed by atoms with van der Waals surface area (Å²) in [5, 5.41) is 3.94. The maximum atomic E-state index is 5.90. The van der Waals surface area contributed by atoms with Gasteiger partial charge in [-0.25, -0.2) is 0 Å². The monoisotopic (exact) mass is 263 g/mol. The van der Waals surface area contributed by atoms with Crippen molar-refractivity contribution in [2.45, 2.75) is 37.0 Å². The molecule has 0 radical (unpaired) electrons. The van der Waals surface area contributed by atoms with E-state index in [0.717, 1.165) is 0 Å². The highest BCUT2D eigenvalue weighted by Gasteiger charge is 2.22. The van der Waals surface area contributed by atoms with E-state index in [2.05, 4.69) is 29.2 Å². The molecule has 0 unspecified atom stereocenters. The molecule has 2 rings (SSSR count). The number of hydrogen-bond acceptors (Lipinski definition) is 5. The predicted molar refractivity (Wildman–Crippen MR) is 72.3 cm³/mol. The van der Waals surface area contributed by atoms with Crippen LogP contribution in [0.3, 0.4) is 0 Å². The van der Waals surface area contributed by atoms with Crippen LogP contribution >= 0.6 is 11.8 Å². The molecule has 0 fully saturated rings. The molecule has 0 aliphatic heterocycles. The van der Waals surface area contributed by atoms with Crippen molar-refractivity contribution in [3.05, 3.63) is 41.5 Å². The maximum Gasteiger partial charge on any atom is 0.246 e. The smallest absolute Gasteiger partial charge is 0.246 e. The van der Waals surface area contributed by atoms with Crippen LogP contribution in [0.15, 0.2) is 33.7 Å². The third kappa shape index (κ3) is 3.11. The molecule has 1 heterocycles. The van der Waals surface area contributed by atoms with Gasteiger partial charge >= 0.3 is 0 Å². The number of nitrogens with two attached hydrogens (primary N) is 1. The van der Waals surface area contributed by atoms with Gasteiger partial charge in [0, 0.05) is 4.90 Å². The number of nitrogens with zero attached hydrogens (tertiary/aromatic N) is 2. The van der Waals surface area contributed by atoms with E-state index in [9.17, 15) is 0 Å². The molecule has 4 nitrogen and oxygen atoms in total. The molecule has 0 saturated carbocycles. The highest BCUT2D eigenvalue weighted by Crippen LogP contribution is 2.25. The number of rotatable bonds is 4. The molecule has 96 valence electrons. The van der Waals surface area contributed by atoms with E-state index in [1.165, 1.54) is 10.5 Å². The molecule has 1 aromatic carbocycles. The summed E-state index contributed by atoms with van der Waals surface area (Å²) in [6.45, 7) is 5.78. The Labute approximate surface area is 111 Å². The highest BCUT2D eigenvalue weighted by atomic mass is 32.2. The van der Waals surface area contributed by atoms with E-state index in [-0.39, 0.29) is 0 Å². The van der Waals surface area contributed by atoms with Crippen LogP contribution in [0.4, 0.5) is 0 Å². The molecule has 0 spiro atoms. The van der Waals surface area contributed by atoms with Crippen molar-refractivity contribution in [3.63, 3.8) is 0 Å². The first kappa shape index (κ1) is 13.1.